The summed E-state index contributed by atoms with van der Waals surface area (Å²) in [6.45, 7) is 2.21. The van der Waals surface area contributed by atoms with Crippen LogP contribution in [0.3, 0.4) is 0 Å². The molecule has 1 heterocycles. The Labute approximate surface area is 97.4 Å². The van der Waals surface area contributed by atoms with Crippen LogP contribution >= 0.6 is 0 Å². The van der Waals surface area contributed by atoms with Crippen molar-refractivity contribution in [1.82, 2.24) is 0 Å². The van der Waals surface area contributed by atoms with E-state index in [0.29, 0.717) is 0 Å². The monoisotopic (exact) mass is 212 g/mol. The van der Waals surface area contributed by atoms with E-state index >= 15 is 0 Å². The van der Waals surface area contributed by atoms with Gasteiger partial charge in [-0.05, 0) is 23.1 Å². The van der Waals surface area contributed by atoms with Crippen LogP contribution in [0.25, 0.3) is 11.1 Å². The molecule has 1 aromatic heterocycles. The highest BCUT2D eigenvalue weighted by Gasteiger charge is 1.99. The molecule has 0 atom stereocenters. The predicted molar refractivity (Wildman–Crippen MR) is 67.0 cm³/mol. The lowest BCUT2D eigenvalue weighted by atomic mass is 10.0. The van der Waals surface area contributed by atoms with Crippen LogP contribution in [0.4, 0.5) is 0 Å². The van der Waals surface area contributed by atoms with Crippen LogP contribution in [-0.4, -0.2) is 0 Å². The SMILES string of the molecule is CCCc1ccc(-c2cc[n+](C)cc2)cc1. The Bertz CT molecular complexity index is 440. The van der Waals surface area contributed by atoms with Crippen LogP contribution < -0.4 is 4.57 Å². The van der Waals surface area contributed by atoms with Crippen molar-refractivity contribution in [2.45, 2.75) is 19.8 Å². The Morgan fingerprint density at radius 3 is 2.00 bits per heavy atom. The highest BCUT2D eigenvalue weighted by molar-refractivity contribution is 5.62. The molecule has 2 rings (SSSR count). The number of aromatic nitrogens is 1. The maximum Gasteiger partial charge on any atom is 0.169 e. The molecule has 0 spiro atoms. The maximum absolute atomic E-state index is 2.23. The van der Waals surface area contributed by atoms with E-state index in [4.69, 9.17) is 0 Å². The van der Waals surface area contributed by atoms with E-state index in [1.165, 1.54) is 29.5 Å². The van der Waals surface area contributed by atoms with Crippen molar-refractivity contribution in [3.8, 4) is 11.1 Å². The predicted octanol–water partition coefficient (Wildman–Crippen LogP) is 3.13. The van der Waals surface area contributed by atoms with E-state index in [0.717, 1.165) is 0 Å². The summed E-state index contributed by atoms with van der Waals surface area (Å²) in [5.41, 5.74) is 3.99. The van der Waals surface area contributed by atoms with E-state index in [-0.39, 0.29) is 0 Å². The Morgan fingerprint density at radius 1 is 0.875 bits per heavy atom. The number of pyridine rings is 1. The molecule has 0 saturated heterocycles. The molecule has 0 amide bonds. The lowest BCUT2D eigenvalue weighted by Crippen LogP contribution is -2.25. The number of rotatable bonds is 3. The molecule has 16 heavy (non-hydrogen) atoms. The van der Waals surface area contributed by atoms with Gasteiger partial charge >= 0.3 is 0 Å². The average Bonchev–Trinajstić information content (AvgIpc) is 2.32. The standard InChI is InChI=1S/C15H18N/c1-3-4-13-5-7-14(8-6-13)15-9-11-16(2)12-10-15/h5-12H,3-4H2,1-2H3/q+1. The van der Waals surface area contributed by atoms with Gasteiger partial charge in [0.2, 0.25) is 0 Å². The van der Waals surface area contributed by atoms with Gasteiger partial charge in [0.15, 0.2) is 12.4 Å². The zero-order valence-electron chi connectivity index (χ0n) is 9.98. The minimum Gasteiger partial charge on any atom is -0.208 e. The molecule has 2 aromatic rings. The first-order valence-electron chi connectivity index (χ1n) is 5.84. The van der Waals surface area contributed by atoms with Gasteiger partial charge in [0, 0.05) is 12.1 Å². The second-order valence-electron chi connectivity index (χ2n) is 4.20. The summed E-state index contributed by atoms with van der Waals surface area (Å²) in [5, 5.41) is 0. The van der Waals surface area contributed by atoms with Gasteiger partial charge < -0.3 is 0 Å². The summed E-state index contributed by atoms with van der Waals surface area (Å²) in [6.07, 6.45) is 6.54. The van der Waals surface area contributed by atoms with Crippen LogP contribution in [0.5, 0.6) is 0 Å². The van der Waals surface area contributed by atoms with Gasteiger partial charge in [-0.25, -0.2) is 4.57 Å². The van der Waals surface area contributed by atoms with Gasteiger partial charge in [0.1, 0.15) is 7.05 Å². The van der Waals surface area contributed by atoms with Crippen molar-refractivity contribution < 1.29 is 4.57 Å². The van der Waals surface area contributed by atoms with Gasteiger partial charge in [-0.2, -0.15) is 0 Å². The number of nitrogens with zero attached hydrogens (tertiary/aromatic N) is 1. The Hall–Kier alpha value is -1.63. The van der Waals surface area contributed by atoms with Gasteiger partial charge in [-0.3, -0.25) is 0 Å². The average molecular weight is 212 g/mol. The summed E-state index contributed by atoms with van der Waals surface area (Å²) in [7, 11) is 2.04. The number of hydrogen-bond acceptors (Lipinski definition) is 0. The molecule has 82 valence electrons. The maximum atomic E-state index is 2.23. The summed E-state index contributed by atoms with van der Waals surface area (Å²) >= 11 is 0. The zero-order chi connectivity index (χ0) is 11.4. The first-order valence-corrected chi connectivity index (χ1v) is 5.84. The molecule has 1 heteroatoms. The molecule has 0 bridgehead atoms. The van der Waals surface area contributed by atoms with E-state index in [1.54, 1.807) is 0 Å². The molecular weight excluding hydrogens is 194 g/mol. The van der Waals surface area contributed by atoms with Gasteiger partial charge in [-0.15, -0.1) is 0 Å². The van der Waals surface area contributed by atoms with E-state index in [1.807, 2.05) is 7.05 Å². The minimum atomic E-state index is 1.17. The van der Waals surface area contributed by atoms with E-state index in [9.17, 15) is 0 Å². The fourth-order valence-electron chi connectivity index (χ4n) is 1.85. The van der Waals surface area contributed by atoms with Gasteiger partial charge in [-0.1, -0.05) is 37.6 Å². The summed E-state index contributed by atoms with van der Waals surface area (Å²) in [6, 6.07) is 13.2. The van der Waals surface area contributed by atoms with E-state index in [2.05, 4.69) is 60.3 Å². The molecule has 1 aromatic carbocycles. The van der Waals surface area contributed by atoms with Crippen LogP contribution in [0, 0.1) is 0 Å². The van der Waals surface area contributed by atoms with Crippen LogP contribution in [0.1, 0.15) is 18.9 Å². The largest absolute Gasteiger partial charge is 0.208 e. The molecule has 0 aliphatic rings. The van der Waals surface area contributed by atoms with Gasteiger partial charge in [0.05, 0.1) is 0 Å². The molecule has 0 fully saturated rings. The third-order valence-electron chi connectivity index (χ3n) is 2.80. The van der Waals surface area contributed by atoms with Crippen molar-refractivity contribution in [2.24, 2.45) is 7.05 Å². The third kappa shape index (κ3) is 2.48. The van der Waals surface area contributed by atoms with Crippen molar-refractivity contribution >= 4 is 0 Å². The Balaban J connectivity index is 2.24. The third-order valence-corrected chi connectivity index (χ3v) is 2.80. The fraction of sp³-hybridized carbons (Fsp3) is 0.267. The van der Waals surface area contributed by atoms with Crippen molar-refractivity contribution in [1.29, 1.82) is 0 Å². The first kappa shape index (κ1) is 10.9. The molecule has 0 aliphatic heterocycles. The lowest BCUT2D eigenvalue weighted by molar-refractivity contribution is -0.671. The van der Waals surface area contributed by atoms with Crippen molar-refractivity contribution in [3.05, 3.63) is 54.4 Å². The second kappa shape index (κ2) is 4.93. The number of benzene rings is 1. The molecule has 0 radical (unpaired) electrons. The Kier molecular flexibility index (Phi) is 3.35. The van der Waals surface area contributed by atoms with Gasteiger partial charge in [0.25, 0.3) is 0 Å². The zero-order valence-corrected chi connectivity index (χ0v) is 9.98. The topological polar surface area (TPSA) is 3.88 Å². The molecule has 0 unspecified atom stereocenters. The van der Waals surface area contributed by atoms with Crippen molar-refractivity contribution in [3.63, 3.8) is 0 Å². The summed E-state index contributed by atoms with van der Waals surface area (Å²) < 4.78 is 2.05. The molecule has 0 aliphatic carbocycles. The number of hydrogen-bond donors (Lipinski definition) is 0. The smallest absolute Gasteiger partial charge is 0.169 e. The molecule has 0 N–H and O–H groups in total. The quantitative estimate of drug-likeness (QED) is 0.688. The minimum absolute atomic E-state index is 1.17. The summed E-state index contributed by atoms with van der Waals surface area (Å²) in [4.78, 5) is 0. The number of aryl methyl sites for hydroxylation is 2. The first-order chi connectivity index (χ1) is 7.79. The highest BCUT2D eigenvalue weighted by atomic mass is 14.9. The summed E-state index contributed by atoms with van der Waals surface area (Å²) in [5.74, 6) is 0. The fourth-order valence-corrected chi connectivity index (χ4v) is 1.85. The molecular formula is C15H18N+. The molecule has 0 saturated carbocycles. The highest BCUT2D eigenvalue weighted by Crippen LogP contribution is 2.18. The van der Waals surface area contributed by atoms with Crippen LogP contribution in [-0.2, 0) is 13.5 Å². The van der Waals surface area contributed by atoms with Crippen LogP contribution in [0.15, 0.2) is 48.8 Å². The van der Waals surface area contributed by atoms with Crippen LogP contribution in [0.2, 0.25) is 0 Å². The Morgan fingerprint density at radius 2 is 1.44 bits per heavy atom. The van der Waals surface area contributed by atoms with Crippen molar-refractivity contribution in [2.75, 3.05) is 0 Å². The second-order valence-corrected chi connectivity index (χ2v) is 4.20. The molecule has 1 nitrogen and oxygen atoms in total. The lowest BCUT2D eigenvalue weighted by Gasteiger charge is -2.02. The normalized spacial score (nSPS) is 10.4. The van der Waals surface area contributed by atoms with E-state index < -0.39 is 0 Å².